The Hall–Kier alpha value is -2.58. The Morgan fingerprint density at radius 1 is 0.760 bits per heavy atom. The average Bonchev–Trinajstić information content (AvgIpc) is 2.66. The largest absolute Gasteiger partial charge is 0.268 e. The second-order valence-corrected chi connectivity index (χ2v) is 6.21. The molecule has 0 N–H and O–H groups in total. The van der Waals surface area contributed by atoms with Gasteiger partial charge >= 0.3 is 0 Å². The summed E-state index contributed by atoms with van der Waals surface area (Å²) in [6.45, 7) is 5.65. The van der Waals surface area contributed by atoms with Crippen LogP contribution in [0.5, 0.6) is 0 Å². The maximum Gasteiger partial charge on any atom is 0.0999 e. The third-order valence-electron chi connectivity index (χ3n) is 4.41. The summed E-state index contributed by atoms with van der Waals surface area (Å²) in [6, 6.07) is 27.2. The Balaban J connectivity index is 1.87. The Kier molecular flexibility index (Phi) is 5.86. The van der Waals surface area contributed by atoms with Gasteiger partial charge < -0.3 is 0 Å². The van der Waals surface area contributed by atoms with E-state index < -0.39 is 0 Å². The molecule has 0 aliphatic rings. The van der Waals surface area contributed by atoms with Gasteiger partial charge in [-0.15, -0.1) is 0 Å². The minimum atomic E-state index is 0.560. The monoisotopic (exact) mass is 331 g/mol. The summed E-state index contributed by atoms with van der Waals surface area (Å²) in [5, 5.41) is 2.04. The summed E-state index contributed by atoms with van der Waals surface area (Å²) in [5.41, 5.74) is 6.21. The molecular weight excluding hydrogens is 306 g/mol. The number of nitrogens with zero attached hydrogens (tertiary/aromatic N) is 1. The minimum absolute atomic E-state index is 0.560. The number of hydrogen-bond donors (Lipinski definition) is 0. The molecule has 0 spiro atoms. The van der Waals surface area contributed by atoms with Crippen molar-refractivity contribution < 1.29 is 4.84 Å². The zero-order chi connectivity index (χ0) is 17.5. The highest BCUT2D eigenvalue weighted by molar-refractivity contribution is 5.55. The maximum absolute atomic E-state index is 6.25. The topological polar surface area (TPSA) is 12.5 Å². The van der Waals surface area contributed by atoms with Crippen LogP contribution in [-0.2, 0) is 24.4 Å². The van der Waals surface area contributed by atoms with E-state index in [1.54, 1.807) is 0 Å². The van der Waals surface area contributed by atoms with Crippen LogP contribution in [0.3, 0.4) is 0 Å². The lowest BCUT2D eigenvalue weighted by Gasteiger charge is -2.27. The summed E-state index contributed by atoms with van der Waals surface area (Å²) in [7, 11) is 0. The molecule has 0 fully saturated rings. The first-order chi connectivity index (χ1) is 12.3. The molecule has 3 rings (SSSR count). The van der Waals surface area contributed by atoms with Gasteiger partial charge in [-0.25, -0.2) is 5.06 Å². The van der Waals surface area contributed by atoms with Crippen molar-refractivity contribution in [2.75, 3.05) is 5.06 Å². The third-order valence-corrected chi connectivity index (χ3v) is 4.41. The molecule has 0 heterocycles. The van der Waals surface area contributed by atoms with E-state index in [0.717, 1.165) is 18.7 Å². The number of hydroxylamine groups is 1. The van der Waals surface area contributed by atoms with E-state index in [1.165, 1.54) is 22.3 Å². The van der Waals surface area contributed by atoms with E-state index in [9.17, 15) is 0 Å². The molecule has 0 radical (unpaired) electrons. The zero-order valence-corrected chi connectivity index (χ0v) is 15.0. The van der Waals surface area contributed by atoms with E-state index in [4.69, 9.17) is 4.84 Å². The summed E-state index contributed by atoms with van der Waals surface area (Å²) < 4.78 is 0. The van der Waals surface area contributed by atoms with Gasteiger partial charge in [-0.1, -0.05) is 79.7 Å². The van der Waals surface area contributed by atoms with E-state index in [-0.39, 0.29) is 0 Å². The molecule has 0 aliphatic heterocycles. The molecule has 0 aliphatic carbocycles. The van der Waals surface area contributed by atoms with Gasteiger partial charge in [-0.05, 0) is 41.7 Å². The van der Waals surface area contributed by atoms with Gasteiger partial charge in [0.2, 0.25) is 0 Å². The second kappa shape index (κ2) is 8.50. The van der Waals surface area contributed by atoms with Crippen molar-refractivity contribution in [1.29, 1.82) is 0 Å². The van der Waals surface area contributed by atoms with Crippen molar-refractivity contribution in [2.45, 2.75) is 33.4 Å². The average molecular weight is 331 g/mol. The molecule has 128 valence electrons. The standard InChI is InChI=1S/C23H25NO/c1-3-22-19(2)11-10-16-23(22)24(17-20-12-6-4-7-13-20)25-18-21-14-8-5-9-15-21/h4-16H,3,17-18H2,1-2H3. The van der Waals surface area contributed by atoms with Crippen LogP contribution < -0.4 is 5.06 Å². The Labute approximate surface area is 150 Å². The van der Waals surface area contributed by atoms with Crippen LogP contribution in [0.25, 0.3) is 0 Å². The number of rotatable bonds is 7. The quantitative estimate of drug-likeness (QED) is 0.515. The number of anilines is 1. The van der Waals surface area contributed by atoms with Crippen molar-refractivity contribution in [3.8, 4) is 0 Å². The molecule has 3 aromatic rings. The summed E-state index contributed by atoms with van der Waals surface area (Å²) in [4.78, 5) is 6.25. The summed E-state index contributed by atoms with van der Waals surface area (Å²) >= 11 is 0. The van der Waals surface area contributed by atoms with Crippen LogP contribution in [0.15, 0.2) is 78.9 Å². The first kappa shape index (κ1) is 17.2. The third kappa shape index (κ3) is 4.49. The Morgan fingerprint density at radius 3 is 2.04 bits per heavy atom. The highest BCUT2D eigenvalue weighted by Crippen LogP contribution is 2.27. The van der Waals surface area contributed by atoms with Crippen LogP contribution in [0.1, 0.15) is 29.2 Å². The number of aryl methyl sites for hydroxylation is 1. The molecule has 0 aromatic heterocycles. The summed E-state index contributed by atoms with van der Waals surface area (Å²) in [6.07, 6.45) is 0.988. The molecular formula is C23H25NO. The Morgan fingerprint density at radius 2 is 1.40 bits per heavy atom. The van der Waals surface area contributed by atoms with Crippen molar-refractivity contribution in [3.63, 3.8) is 0 Å². The Bertz CT molecular complexity index is 784. The van der Waals surface area contributed by atoms with Crippen LogP contribution >= 0.6 is 0 Å². The molecule has 0 bridgehead atoms. The van der Waals surface area contributed by atoms with Gasteiger partial charge in [0.25, 0.3) is 0 Å². The number of benzene rings is 3. The maximum atomic E-state index is 6.25. The van der Waals surface area contributed by atoms with Crippen LogP contribution in [0, 0.1) is 6.92 Å². The highest BCUT2D eigenvalue weighted by Gasteiger charge is 2.14. The predicted octanol–water partition coefficient (Wildman–Crippen LogP) is 5.70. The molecule has 0 amide bonds. The lowest BCUT2D eigenvalue weighted by Crippen LogP contribution is -2.24. The lowest BCUT2D eigenvalue weighted by atomic mass is 10.0. The van der Waals surface area contributed by atoms with Crippen molar-refractivity contribution >= 4 is 5.69 Å². The zero-order valence-electron chi connectivity index (χ0n) is 15.0. The molecule has 0 atom stereocenters. The summed E-state index contributed by atoms with van der Waals surface area (Å²) in [5.74, 6) is 0. The molecule has 2 heteroatoms. The van der Waals surface area contributed by atoms with Crippen LogP contribution in [0.2, 0.25) is 0 Å². The lowest BCUT2D eigenvalue weighted by molar-refractivity contribution is 0.0905. The van der Waals surface area contributed by atoms with Crippen molar-refractivity contribution in [3.05, 3.63) is 101 Å². The fourth-order valence-electron chi connectivity index (χ4n) is 3.06. The van der Waals surface area contributed by atoms with Gasteiger partial charge in [-0.3, -0.25) is 4.84 Å². The first-order valence-electron chi connectivity index (χ1n) is 8.84. The SMILES string of the molecule is CCc1c(C)cccc1N(Cc1ccccc1)OCc1ccccc1. The van der Waals surface area contributed by atoms with Crippen LogP contribution in [0.4, 0.5) is 5.69 Å². The van der Waals surface area contributed by atoms with E-state index in [0.29, 0.717) is 6.61 Å². The van der Waals surface area contributed by atoms with Crippen molar-refractivity contribution in [2.24, 2.45) is 0 Å². The van der Waals surface area contributed by atoms with E-state index in [2.05, 4.69) is 68.4 Å². The highest BCUT2D eigenvalue weighted by atomic mass is 16.7. The molecule has 2 nitrogen and oxygen atoms in total. The number of hydrogen-bond acceptors (Lipinski definition) is 2. The van der Waals surface area contributed by atoms with E-state index >= 15 is 0 Å². The van der Waals surface area contributed by atoms with E-state index in [1.807, 2.05) is 29.3 Å². The molecule has 0 unspecified atom stereocenters. The predicted molar refractivity (Wildman–Crippen MR) is 104 cm³/mol. The molecule has 0 saturated carbocycles. The normalized spacial score (nSPS) is 10.6. The van der Waals surface area contributed by atoms with Gasteiger partial charge in [0.15, 0.2) is 0 Å². The van der Waals surface area contributed by atoms with Gasteiger partial charge in [0.1, 0.15) is 0 Å². The molecule has 25 heavy (non-hydrogen) atoms. The smallest absolute Gasteiger partial charge is 0.0999 e. The second-order valence-electron chi connectivity index (χ2n) is 6.21. The van der Waals surface area contributed by atoms with Gasteiger partial charge in [0, 0.05) is 0 Å². The van der Waals surface area contributed by atoms with Crippen LogP contribution in [-0.4, -0.2) is 0 Å². The molecule has 3 aromatic carbocycles. The fourth-order valence-corrected chi connectivity index (χ4v) is 3.06. The fraction of sp³-hybridized carbons (Fsp3) is 0.217. The van der Waals surface area contributed by atoms with Crippen molar-refractivity contribution in [1.82, 2.24) is 0 Å². The van der Waals surface area contributed by atoms with Gasteiger partial charge in [0.05, 0.1) is 18.8 Å². The molecule has 0 saturated heterocycles. The minimum Gasteiger partial charge on any atom is -0.268 e. The van der Waals surface area contributed by atoms with Gasteiger partial charge in [-0.2, -0.15) is 0 Å². The first-order valence-corrected chi connectivity index (χ1v) is 8.84.